The standard InChI is InChI=1S/C11H24N2O/c1-4-10(5-2)13(3)8-11(12)6-7-14-9-11/h10H,4-9,12H2,1-3H3. The number of nitrogens with zero attached hydrogens (tertiary/aromatic N) is 1. The molecule has 0 spiro atoms. The molecule has 0 radical (unpaired) electrons. The first kappa shape index (κ1) is 12.0. The normalized spacial score (nSPS) is 27.9. The zero-order chi connectivity index (χ0) is 10.6. The Bertz CT molecular complexity index is 163. The minimum Gasteiger partial charge on any atom is -0.379 e. The fourth-order valence-electron chi connectivity index (χ4n) is 2.29. The molecule has 0 aromatic heterocycles. The zero-order valence-corrected chi connectivity index (χ0v) is 9.75. The molecule has 0 amide bonds. The van der Waals surface area contributed by atoms with Crippen LogP contribution in [0.25, 0.3) is 0 Å². The number of hydrogen-bond acceptors (Lipinski definition) is 3. The number of ether oxygens (including phenoxy) is 1. The van der Waals surface area contributed by atoms with Gasteiger partial charge in [0.1, 0.15) is 0 Å². The molecule has 1 fully saturated rings. The minimum atomic E-state index is -0.0999. The first-order chi connectivity index (χ1) is 6.61. The van der Waals surface area contributed by atoms with Crippen LogP contribution in [0.2, 0.25) is 0 Å². The van der Waals surface area contributed by atoms with E-state index in [4.69, 9.17) is 10.5 Å². The highest BCUT2D eigenvalue weighted by atomic mass is 16.5. The molecular formula is C11H24N2O. The molecule has 14 heavy (non-hydrogen) atoms. The largest absolute Gasteiger partial charge is 0.379 e. The van der Waals surface area contributed by atoms with Crippen LogP contribution in [-0.4, -0.2) is 43.3 Å². The Morgan fingerprint density at radius 2 is 2.07 bits per heavy atom. The van der Waals surface area contributed by atoms with Gasteiger partial charge in [-0.05, 0) is 26.3 Å². The van der Waals surface area contributed by atoms with Crippen LogP contribution in [0.4, 0.5) is 0 Å². The second kappa shape index (κ2) is 5.10. The van der Waals surface area contributed by atoms with E-state index in [1.807, 2.05) is 0 Å². The lowest BCUT2D eigenvalue weighted by atomic mass is 9.98. The summed E-state index contributed by atoms with van der Waals surface area (Å²) in [6.07, 6.45) is 3.39. The summed E-state index contributed by atoms with van der Waals surface area (Å²) in [7, 11) is 2.17. The second-order valence-corrected chi connectivity index (χ2v) is 4.55. The monoisotopic (exact) mass is 200 g/mol. The van der Waals surface area contributed by atoms with Gasteiger partial charge in [-0.1, -0.05) is 13.8 Å². The first-order valence-corrected chi connectivity index (χ1v) is 5.68. The average Bonchev–Trinajstić information content (AvgIpc) is 2.54. The minimum absolute atomic E-state index is 0.0999. The van der Waals surface area contributed by atoms with Crippen LogP contribution in [0.15, 0.2) is 0 Å². The molecule has 2 N–H and O–H groups in total. The van der Waals surface area contributed by atoms with Crippen LogP contribution in [0, 0.1) is 0 Å². The highest BCUT2D eigenvalue weighted by Crippen LogP contribution is 2.18. The Morgan fingerprint density at radius 3 is 2.50 bits per heavy atom. The Morgan fingerprint density at radius 1 is 1.43 bits per heavy atom. The lowest BCUT2D eigenvalue weighted by Crippen LogP contribution is -2.52. The highest BCUT2D eigenvalue weighted by molar-refractivity contribution is 4.91. The van der Waals surface area contributed by atoms with Gasteiger partial charge in [0.15, 0.2) is 0 Å². The fraction of sp³-hybridized carbons (Fsp3) is 1.00. The Balaban J connectivity index is 2.41. The molecule has 3 nitrogen and oxygen atoms in total. The van der Waals surface area contributed by atoms with Crippen LogP contribution in [0.1, 0.15) is 33.1 Å². The van der Waals surface area contributed by atoms with Gasteiger partial charge in [-0.15, -0.1) is 0 Å². The van der Waals surface area contributed by atoms with Crippen molar-refractivity contribution < 1.29 is 4.74 Å². The molecule has 1 unspecified atom stereocenters. The smallest absolute Gasteiger partial charge is 0.0659 e. The number of rotatable bonds is 5. The SMILES string of the molecule is CCC(CC)N(C)CC1(N)CCOC1. The van der Waals surface area contributed by atoms with Gasteiger partial charge in [0.05, 0.1) is 12.1 Å². The van der Waals surface area contributed by atoms with Crippen LogP contribution in [0.3, 0.4) is 0 Å². The molecule has 84 valence electrons. The van der Waals surface area contributed by atoms with Crippen LogP contribution >= 0.6 is 0 Å². The number of likely N-dealkylation sites (N-methyl/N-ethyl adjacent to an activating group) is 1. The van der Waals surface area contributed by atoms with Crippen molar-refractivity contribution in [2.75, 3.05) is 26.8 Å². The van der Waals surface area contributed by atoms with Crippen LogP contribution in [-0.2, 0) is 4.74 Å². The summed E-state index contributed by atoms with van der Waals surface area (Å²) in [6, 6.07) is 0.663. The van der Waals surface area contributed by atoms with E-state index in [0.29, 0.717) is 6.04 Å². The maximum absolute atomic E-state index is 6.24. The Labute approximate surface area is 87.6 Å². The maximum Gasteiger partial charge on any atom is 0.0659 e. The summed E-state index contributed by atoms with van der Waals surface area (Å²) in [6.45, 7) is 6.97. The van der Waals surface area contributed by atoms with E-state index in [2.05, 4.69) is 25.8 Å². The molecule has 3 heteroatoms. The van der Waals surface area contributed by atoms with E-state index in [1.165, 1.54) is 12.8 Å². The summed E-state index contributed by atoms with van der Waals surface area (Å²) in [5.74, 6) is 0. The average molecular weight is 200 g/mol. The molecular weight excluding hydrogens is 176 g/mol. The first-order valence-electron chi connectivity index (χ1n) is 5.68. The molecule has 0 saturated carbocycles. The number of nitrogens with two attached hydrogens (primary N) is 1. The van der Waals surface area contributed by atoms with Crippen LogP contribution < -0.4 is 5.73 Å². The van der Waals surface area contributed by atoms with Crippen molar-refractivity contribution in [2.45, 2.75) is 44.7 Å². The molecule has 0 aromatic rings. The molecule has 0 aromatic carbocycles. The molecule has 1 heterocycles. The third kappa shape index (κ3) is 2.94. The van der Waals surface area contributed by atoms with Crippen molar-refractivity contribution in [1.82, 2.24) is 4.90 Å². The predicted octanol–water partition coefficient (Wildman–Crippen LogP) is 1.22. The van der Waals surface area contributed by atoms with Crippen molar-refractivity contribution in [2.24, 2.45) is 5.73 Å². The van der Waals surface area contributed by atoms with Crippen molar-refractivity contribution in [3.8, 4) is 0 Å². The van der Waals surface area contributed by atoms with Gasteiger partial charge in [-0.25, -0.2) is 0 Å². The van der Waals surface area contributed by atoms with Gasteiger partial charge in [0.2, 0.25) is 0 Å². The van der Waals surface area contributed by atoms with Crippen molar-refractivity contribution in [1.29, 1.82) is 0 Å². The highest BCUT2D eigenvalue weighted by Gasteiger charge is 2.32. The van der Waals surface area contributed by atoms with Crippen molar-refractivity contribution in [3.63, 3.8) is 0 Å². The molecule has 1 atom stereocenters. The predicted molar refractivity (Wildman–Crippen MR) is 59.4 cm³/mol. The summed E-state index contributed by atoms with van der Waals surface area (Å²) >= 11 is 0. The summed E-state index contributed by atoms with van der Waals surface area (Å²) < 4.78 is 5.36. The molecule has 1 saturated heterocycles. The van der Waals surface area contributed by atoms with Gasteiger partial charge in [0.25, 0.3) is 0 Å². The third-order valence-corrected chi connectivity index (χ3v) is 3.26. The van der Waals surface area contributed by atoms with E-state index in [0.717, 1.165) is 26.2 Å². The van der Waals surface area contributed by atoms with E-state index in [1.54, 1.807) is 0 Å². The molecule has 0 aliphatic carbocycles. The lowest BCUT2D eigenvalue weighted by molar-refractivity contribution is 0.142. The third-order valence-electron chi connectivity index (χ3n) is 3.26. The molecule has 1 aliphatic rings. The molecule has 1 rings (SSSR count). The van der Waals surface area contributed by atoms with E-state index < -0.39 is 0 Å². The summed E-state index contributed by atoms with van der Waals surface area (Å²) in [4.78, 5) is 2.38. The van der Waals surface area contributed by atoms with Gasteiger partial charge in [-0.3, -0.25) is 0 Å². The quantitative estimate of drug-likeness (QED) is 0.725. The van der Waals surface area contributed by atoms with Crippen molar-refractivity contribution >= 4 is 0 Å². The number of hydrogen-bond donors (Lipinski definition) is 1. The van der Waals surface area contributed by atoms with Gasteiger partial charge in [0, 0.05) is 19.2 Å². The molecule has 1 aliphatic heterocycles. The van der Waals surface area contributed by atoms with E-state index in [9.17, 15) is 0 Å². The van der Waals surface area contributed by atoms with Gasteiger partial charge >= 0.3 is 0 Å². The zero-order valence-electron chi connectivity index (χ0n) is 9.75. The van der Waals surface area contributed by atoms with E-state index >= 15 is 0 Å². The Hall–Kier alpha value is -0.120. The summed E-state index contributed by atoms with van der Waals surface area (Å²) in [5, 5.41) is 0. The lowest BCUT2D eigenvalue weighted by Gasteiger charge is -2.33. The Kier molecular flexibility index (Phi) is 4.35. The van der Waals surface area contributed by atoms with Crippen molar-refractivity contribution in [3.05, 3.63) is 0 Å². The second-order valence-electron chi connectivity index (χ2n) is 4.55. The molecule has 0 bridgehead atoms. The maximum atomic E-state index is 6.24. The summed E-state index contributed by atoms with van der Waals surface area (Å²) in [5.41, 5.74) is 6.14. The topological polar surface area (TPSA) is 38.5 Å². The van der Waals surface area contributed by atoms with Gasteiger partial charge < -0.3 is 15.4 Å². The fourth-order valence-corrected chi connectivity index (χ4v) is 2.29. The van der Waals surface area contributed by atoms with E-state index in [-0.39, 0.29) is 5.54 Å². The van der Waals surface area contributed by atoms with Crippen LogP contribution in [0.5, 0.6) is 0 Å². The van der Waals surface area contributed by atoms with Gasteiger partial charge in [-0.2, -0.15) is 0 Å².